The monoisotopic (exact) mass is 396 g/mol. The van der Waals surface area contributed by atoms with Crippen molar-refractivity contribution < 1.29 is 23.1 Å². The second kappa shape index (κ2) is 8.84. The number of amides is 1. The van der Waals surface area contributed by atoms with Gasteiger partial charge in [0.15, 0.2) is 0 Å². The van der Waals surface area contributed by atoms with E-state index in [1.165, 1.54) is 15.3 Å². The van der Waals surface area contributed by atoms with Gasteiger partial charge in [0.2, 0.25) is 10.0 Å². The number of carbonyl (C=O) groups is 2. The van der Waals surface area contributed by atoms with E-state index in [-0.39, 0.29) is 35.4 Å². The molecule has 1 amide bonds. The molecule has 7 nitrogen and oxygen atoms in total. The van der Waals surface area contributed by atoms with Crippen molar-refractivity contribution in [2.24, 2.45) is 0 Å². The zero-order valence-corrected chi connectivity index (χ0v) is 17.0. The summed E-state index contributed by atoms with van der Waals surface area (Å²) in [6.07, 6.45) is 2.55. The molecule has 1 aromatic carbocycles. The van der Waals surface area contributed by atoms with Crippen molar-refractivity contribution in [3.05, 3.63) is 29.3 Å². The lowest BCUT2D eigenvalue weighted by atomic mass is 10.1. The van der Waals surface area contributed by atoms with Gasteiger partial charge in [-0.05, 0) is 51.3 Å². The molecule has 0 bridgehead atoms. The Kier molecular flexibility index (Phi) is 7.00. The molecule has 8 heteroatoms. The standard InChI is InChI=1S/C19H28N2O5S/c1-14(2)21(12-9-18(22)23)19(24)16-8-7-15(3)17(13-16)27(25,26)20-10-5-4-6-11-20/h7-8,13-14H,4-6,9-12H2,1-3H3,(H,22,23). The first-order valence-electron chi connectivity index (χ1n) is 9.28. The molecule has 0 unspecified atom stereocenters. The van der Waals surface area contributed by atoms with Crippen LogP contribution in [0.25, 0.3) is 0 Å². The molecule has 27 heavy (non-hydrogen) atoms. The van der Waals surface area contributed by atoms with Crippen LogP contribution in [0.15, 0.2) is 23.1 Å². The molecule has 0 atom stereocenters. The minimum absolute atomic E-state index is 0.0773. The highest BCUT2D eigenvalue weighted by Gasteiger charge is 2.29. The molecule has 1 N–H and O–H groups in total. The third kappa shape index (κ3) is 5.07. The second-order valence-corrected chi connectivity index (χ2v) is 9.09. The molecule has 0 aliphatic carbocycles. The molecule has 2 rings (SSSR count). The highest BCUT2D eigenvalue weighted by molar-refractivity contribution is 7.89. The Morgan fingerprint density at radius 1 is 1.19 bits per heavy atom. The molecular formula is C19H28N2O5S. The van der Waals surface area contributed by atoms with Crippen molar-refractivity contribution in [3.8, 4) is 0 Å². The van der Waals surface area contributed by atoms with Gasteiger partial charge in [0.1, 0.15) is 0 Å². The highest BCUT2D eigenvalue weighted by Crippen LogP contribution is 2.25. The second-order valence-electron chi connectivity index (χ2n) is 7.18. The van der Waals surface area contributed by atoms with Crippen molar-refractivity contribution >= 4 is 21.9 Å². The maximum atomic E-state index is 13.0. The number of sulfonamides is 1. The fourth-order valence-corrected chi connectivity index (χ4v) is 5.00. The summed E-state index contributed by atoms with van der Waals surface area (Å²) in [6, 6.07) is 4.47. The van der Waals surface area contributed by atoms with Gasteiger partial charge in [-0.3, -0.25) is 9.59 Å². The summed E-state index contributed by atoms with van der Waals surface area (Å²) in [7, 11) is -3.65. The molecule has 1 heterocycles. The Morgan fingerprint density at radius 2 is 1.81 bits per heavy atom. The average molecular weight is 397 g/mol. The first-order chi connectivity index (χ1) is 12.6. The van der Waals surface area contributed by atoms with Crippen LogP contribution in [0.2, 0.25) is 0 Å². The molecule has 1 aliphatic rings. The maximum Gasteiger partial charge on any atom is 0.305 e. The van der Waals surface area contributed by atoms with Crippen LogP contribution in [-0.4, -0.2) is 60.3 Å². The predicted molar refractivity (Wildman–Crippen MR) is 102 cm³/mol. The van der Waals surface area contributed by atoms with Crippen LogP contribution in [0.5, 0.6) is 0 Å². The van der Waals surface area contributed by atoms with Gasteiger partial charge >= 0.3 is 5.97 Å². The van der Waals surface area contributed by atoms with E-state index < -0.39 is 16.0 Å². The van der Waals surface area contributed by atoms with Crippen molar-refractivity contribution in [1.82, 2.24) is 9.21 Å². The Hall–Kier alpha value is -1.93. The summed E-state index contributed by atoms with van der Waals surface area (Å²) < 4.78 is 27.5. The van der Waals surface area contributed by atoms with Gasteiger partial charge < -0.3 is 10.0 Å². The van der Waals surface area contributed by atoms with Crippen molar-refractivity contribution in [3.63, 3.8) is 0 Å². The third-order valence-electron chi connectivity index (χ3n) is 4.82. The van der Waals surface area contributed by atoms with Gasteiger partial charge in [-0.2, -0.15) is 4.31 Å². The molecule has 0 aromatic heterocycles. The van der Waals surface area contributed by atoms with Crippen LogP contribution >= 0.6 is 0 Å². The van der Waals surface area contributed by atoms with E-state index in [0.717, 1.165) is 19.3 Å². The number of carboxylic acid groups (broad SMARTS) is 1. The van der Waals surface area contributed by atoms with Gasteiger partial charge in [-0.1, -0.05) is 12.5 Å². The molecule has 0 saturated carbocycles. The van der Waals surface area contributed by atoms with Crippen molar-refractivity contribution in [2.45, 2.75) is 57.4 Å². The zero-order chi connectivity index (χ0) is 20.2. The predicted octanol–water partition coefficient (Wildman–Crippen LogP) is 2.49. The quantitative estimate of drug-likeness (QED) is 0.764. The van der Waals surface area contributed by atoms with Crippen LogP contribution in [0.3, 0.4) is 0 Å². The van der Waals surface area contributed by atoms with Crippen LogP contribution in [0.1, 0.15) is 55.5 Å². The number of aryl methyl sites for hydroxylation is 1. The fourth-order valence-electron chi connectivity index (χ4n) is 3.23. The summed E-state index contributed by atoms with van der Waals surface area (Å²) >= 11 is 0. The number of carboxylic acids is 1. The lowest BCUT2D eigenvalue weighted by molar-refractivity contribution is -0.137. The van der Waals surface area contributed by atoms with Gasteiger partial charge in [-0.25, -0.2) is 8.42 Å². The molecule has 1 saturated heterocycles. The number of piperidine rings is 1. The first-order valence-corrected chi connectivity index (χ1v) is 10.7. The van der Waals surface area contributed by atoms with Crippen LogP contribution in [-0.2, 0) is 14.8 Å². The highest BCUT2D eigenvalue weighted by atomic mass is 32.2. The number of hydrogen-bond donors (Lipinski definition) is 1. The summed E-state index contributed by atoms with van der Waals surface area (Å²) in [4.78, 5) is 25.4. The zero-order valence-electron chi connectivity index (χ0n) is 16.1. The molecule has 1 fully saturated rings. The van der Waals surface area contributed by atoms with E-state index in [9.17, 15) is 18.0 Å². The summed E-state index contributed by atoms with van der Waals surface area (Å²) in [6.45, 7) is 6.40. The van der Waals surface area contributed by atoms with Crippen LogP contribution < -0.4 is 0 Å². The fraction of sp³-hybridized carbons (Fsp3) is 0.579. The molecule has 1 aromatic rings. The van der Waals surface area contributed by atoms with E-state index in [4.69, 9.17) is 5.11 Å². The summed E-state index contributed by atoms with van der Waals surface area (Å²) in [5, 5.41) is 8.91. The topological polar surface area (TPSA) is 95.0 Å². The van der Waals surface area contributed by atoms with E-state index in [2.05, 4.69) is 0 Å². The summed E-state index contributed by atoms with van der Waals surface area (Å²) in [5.41, 5.74) is 0.856. The minimum Gasteiger partial charge on any atom is -0.481 e. The normalized spacial score (nSPS) is 15.7. The van der Waals surface area contributed by atoms with Gasteiger partial charge in [0, 0.05) is 31.2 Å². The van der Waals surface area contributed by atoms with E-state index in [1.807, 2.05) is 0 Å². The largest absolute Gasteiger partial charge is 0.481 e. The lowest BCUT2D eigenvalue weighted by Crippen LogP contribution is -2.39. The number of aliphatic carboxylic acids is 1. The minimum atomic E-state index is -3.65. The van der Waals surface area contributed by atoms with Gasteiger partial charge in [0.05, 0.1) is 11.3 Å². The Bertz CT molecular complexity index is 798. The molecule has 0 spiro atoms. The average Bonchev–Trinajstić information content (AvgIpc) is 2.62. The number of rotatable bonds is 7. The van der Waals surface area contributed by atoms with E-state index in [1.54, 1.807) is 32.9 Å². The summed E-state index contributed by atoms with van der Waals surface area (Å²) in [5.74, 6) is -1.34. The van der Waals surface area contributed by atoms with Gasteiger partial charge in [0.25, 0.3) is 5.91 Å². The van der Waals surface area contributed by atoms with Crippen molar-refractivity contribution in [1.29, 1.82) is 0 Å². The number of carbonyl (C=O) groups excluding carboxylic acids is 1. The third-order valence-corrected chi connectivity index (χ3v) is 6.86. The molecule has 1 aliphatic heterocycles. The number of benzene rings is 1. The van der Waals surface area contributed by atoms with E-state index >= 15 is 0 Å². The van der Waals surface area contributed by atoms with Crippen LogP contribution in [0.4, 0.5) is 0 Å². The smallest absolute Gasteiger partial charge is 0.305 e. The Labute approximate surface area is 161 Å². The Morgan fingerprint density at radius 3 is 2.37 bits per heavy atom. The SMILES string of the molecule is Cc1ccc(C(=O)N(CCC(=O)O)C(C)C)cc1S(=O)(=O)N1CCCCC1. The van der Waals surface area contributed by atoms with E-state index in [0.29, 0.717) is 18.7 Å². The molecule has 150 valence electrons. The Balaban J connectivity index is 2.34. The maximum absolute atomic E-state index is 13.0. The number of hydrogen-bond acceptors (Lipinski definition) is 4. The van der Waals surface area contributed by atoms with Gasteiger partial charge in [-0.15, -0.1) is 0 Å². The van der Waals surface area contributed by atoms with Crippen molar-refractivity contribution in [2.75, 3.05) is 19.6 Å². The molecular weight excluding hydrogens is 368 g/mol. The molecule has 0 radical (unpaired) electrons. The van der Waals surface area contributed by atoms with Crippen LogP contribution in [0, 0.1) is 6.92 Å². The number of nitrogens with zero attached hydrogens (tertiary/aromatic N) is 2. The lowest BCUT2D eigenvalue weighted by Gasteiger charge is -2.28. The first kappa shape index (κ1) is 21.4.